The van der Waals surface area contributed by atoms with Crippen LogP contribution in [0, 0.1) is 11.3 Å². The van der Waals surface area contributed by atoms with Crippen LogP contribution in [0.4, 0.5) is 5.69 Å². The maximum atomic E-state index is 12.7. The number of carbonyl (C=O) groups is 2. The molecule has 1 aromatic heterocycles. The molecule has 0 unspecified atom stereocenters. The topological polar surface area (TPSA) is 148 Å². The van der Waals surface area contributed by atoms with E-state index >= 15 is 0 Å². The van der Waals surface area contributed by atoms with Crippen LogP contribution in [0.25, 0.3) is 0 Å². The van der Waals surface area contributed by atoms with Crippen molar-refractivity contribution >= 4 is 50.7 Å². The number of aromatic amines is 1. The normalized spacial score (nSPS) is 15.2. The molecule has 2 aromatic rings. The lowest BCUT2D eigenvalue weighted by Gasteiger charge is -2.31. The Bertz CT molecular complexity index is 1130. The molecule has 0 spiro atoms. The molecule has 2 heterocycles. The first kappa shape index (κ1) is 24.0. The first-order valence-electron chi connectivity index (χ1n) is 9.67. The number of anilines is 1. The van der Waals surface area contributed by atoms with Gasteiger partial charge >= 0.3 is 0 Å². The van der Waals surface area contributed by atoms with Crippen molar-refractivity contribution in [3.63, 3.8) is 0 Å². The molecule has 1 saturated heterocycles. The summed E-state index contributed by atoms with van der Waals surface area (Å²) >= 11 is 12.1. The van der Waals surface area contributed by atoms with Gasteiger partial charge in [-0.15, -0.1) is 0 Å². The number of aromatic nitrogens is 2. The van der Waals surface area contributed by atoms with Crippen LogP contribution in [0.1, 0.15) is 40.1 Å². The molecular weight excluding hydrogens is 479 g/mol. The maximum absolute atomic E-state index is 12.7. The Morgan fingerprint density at radius 2 is 1.88 bits per heavy atom. The second-order valence-electron chi connectivity index (χ2n) is 7.08. The highest BCUT2D eigenvalue weighted by Gasteiger charge is 2.29. The molecule has 0 radical (unpaired) electrons. The predicted molar refractivity (Wildman–Crippen MR) is 119 cm³/mol. The summed E-state index contributed by atoms with van der Waals surface area (Å²) < 4.78 is 25.7. The quantitative estimate of drug-likeness (QED) is 0.533. The monoisotopic (exact) mass is 498 g/mol. The van der Waals surface area contributed by atoms with Gasteiger partial charge in [-0.25, -0.2) is 12.7 Å². The summed E-state index contributed by atoms with van der Waals surface area (Å²) in [5, 5.41) is 20.7. The third-order valence-corrected chi connectivity index (χ3v) is 7.46. The third-order valence-electron chi connectivity index (χ3n) is 4.96. The maximum Gasteiger partial charge on any atom is 0.271 e. The minimum Gasteiger partial charge on any atom is -0.348 e. The fourth-order valence-corrected chi connectivity index (χ4v) is 5.24. The molecule has 1 aliphatic rings. The molecule has 0 atom stereocenters. The van der Waals surface area contributed by atoms with Crippen molar-refractivity contribution in [2.75, 3.05) is 24.2 Å². The lowest BCUT2D eigenvalue weighted by atomic mass is 10.1. The first-order valence-corrected chi connectivity index (χ1v) is 12.0. The van der Waals surface area contributed by atoms with Crippen LogP contribution in [-0.2, 0) is 10.0 Å². The van der Waals surface area contributed by atoms with Gasteiger partial charge in [0, 0.05) is 19.1 Å². The van der Waals surface area contributed by atoms with Crippen molar-refractivity contribution in [2.45, 2.75) is 25.3 Å². The van der Waals surface area contributed by atoms with E-state index in [9.17, 15) is 18.0 Å². The number of sulfonamides is 1. The molecule has 3 N–H and O–H groups in total. The van der Waals surface area contributed by atoms with Crippen LogP contribution >= 0.6 is 23.2 Å². The number of nitriles is 1. The number of nitrogens with one attached hydrogen (secondary N) is 3. The van der Waals surface area contributed by atoms with E-state index in [1.807, 2.05) is 6.07 Å². The first-order chi connectivity index (χ1) is 15.2. The van der Waals surface area contributed by atoms with Crippen molar-refractivity contribution < 1.29 is 18.0 Å². The van der Waals surface area contributed by atoms with Crippen molar-refractivity contribution in [3.8, 4) is 6.07 Å². The van der Waals surface area contributed by atoms with E-state index in [1.54, 1.807) is 6.07 Å². The van der Waals surface area contributed by atoms with E-state index in [-0.39, 0.29) is 58.3 Å². The largest absolute Gasteiger partial charge is 0.348 e. The van der Waals surface area contributed by atoms with Crippen LogP contribution in [0.5, 0.6) is 0 Å². The molecule has 1 fully saturated rings. The number of H-pyrrole nitrogens is 1. The molecule has 0 saturated carbocycles. The van der Waals surface area contributed by atoms with Crippen LogP contribution in [0.15, 0.2) is 24.4 Å². The van der Waals surface area contributed by atoms with Crippen LogP contribution in [0.3, 0.4) is 0 Å². The van der Waals surface area contributed by atoms with Crippen LogP contribution in [-0.4, -0.2) is 59.6 Å². The summed E-state index contributed by atoms with van der Waals surface area (Å²) in [6.45, 7) is 0.493. The van der Waals surface area contributed by atoms with Gasteiger partial charge < -0.3 is 10.6 Å². The Morgan fingerprint density at radius 3 is 2.50 bits per heavy atom. The van der Waals surface area contributed by atoms with Crippen molar-refractivity contribution in [2.24, 2.45) is 0 Å². The number of halogens is 2. The van der Waals surface area contributed by atoms with Gasteiger partial charge in [-0.1, -0.05) is 29.3 Å². The number of amides is 2. The average Bonchev–Trinajstić information content (AvgIpc) is 3.21. The van der Waals surface area contributed by atoms with Crippen molar-refractivity contribution in [1.82, 2.24) is 19.8 Å². The van der Waals surface area contributed by atoms with Gasteiger partial charge in [0.15, 0.2) is 0 Å². The second-order valence-corrected chi connectivity index (χ2v) is 9.98. The highest BCUT2D eigenvalue weighted by molar-refractivity contribution is 7.89. The molecule has 0 bridgehead atoms. The van der Waals surface area contributed by atoms with Gasteiger partial charge in [-0.05, 0) is 25.0 Å². The Labute approximate surface area is 194 Å². The predicted octanol–water partition coefficient (Wildman–Crippen LogP) is 2.41. The van der Waals surface area contributed by atoms with E-state index < -0.39 is 21.8 Å². The molecule has 170 valence electrons. The van der Waals surface area contributed by atoms with Crippen molar-refractivity contribution in [1.29, 1.82) is 5.26 Å². The van der Waals surface area contributed by atoms with E-state index in [1.165, 1.54) is 22.6 Å². The van der Waals surface area contributed by atoms with E-state index in [0.29, 0.717) is 12.8 Å². The van der Waals surface area contributed by atoms with E-state index in [0.717, 1.165) is 0 Å². The number of carbonyl (C=O) groups excluding carboxylic acids is 2. The Hall–Kier alpha value is -2.65. The molecule has 2 amide bonds. The van der Waals surface area contributed by atoms with Gasteiger partial charge in [0.1, 0.15) is 5.69 Å². The van der Waals surface area contributed by atoms with Crippen LogP contribution in [0.2, 0.25) is 10.0 Å². The zero-order chi connectivity index (χ0) is 23.3. The van der Waals surface area contributed by atoms with Crippen molar-refractivity contribution in [3.05, 3.63) is 45.7 Å². The van der Waals surface area contributed by atoms with Gasteiger partial charge in [-0.3, -0.25) is 14.7 Å². The minimum atomic E-state index is -3.48. The molecular formula is C19H20Cl2N6O4S. The second kappa shape index (κ2) is 10.3. The van der Waals surface area contributed by atoms with E-state index in [4.69, 9.17) is 28.5 Å². The Morgan fingerprint density at radius 1 is 1.22 bits per heavy atom. The highest BCUT2D eigenvalue weighted by atomic mass is 35.5. The zero-order valence-electron chi connectivity index (χ0n) is 16.8. The summed E-state index contributed by atoms with van der Waals surface area (Å²) in [5.41, 5.74) is 0.277. The summed E-state index contributed by atoms with van der Waals surface area (Å²) in [6, 6.07) is 6.24. The molecule has 10 nitrogen and oxygen atoms in total. The fraction of sp³-hybridized carbons (Fsp3) is 0.368. The summed E-state index contributed by atoms with van der Waals surface area (Å²) in [4.78, 5) is 25.3. The standard InChI is InChI=1S/C19H20Cl2N6O4S/c20-13-3-1-4-14(21)16(13)18(28)25-15-11-23-26-17(15)19(29)24-12-5-8-27(9-6-12)32(30,31)10-2-7-22/h1,3-4,11-12H,2,5-6,8-10H2,(H,23,26)(H,24,29)(H,25,28). The zero-order valence-corrected chi connectivity index (χ0v) is 19.1. The van der Waals surface area contributed by atoms with Crippen LogP contribution < -0.4 is 10.6 Å². The van der Waals surface area contributed by atoms with E-state index in [2.05, 4.69) is 20.8 Å². The molecule has 3 rings (SSSR count). The van der Waals surface area contributed by atoms with Gasteiger partial charge in [0.25, 0.3) is 11.8 Å². The molecule has 1 aromatic carbocycles. The van der Waals surface area contributed by atoms with Gasteiger partial charge in [0.2, 0.25) is 10.0 Å². The molecule has 1 aliphatic heterocycles. The SMILES string of the molecule is N#CCCS(=O)(=O)N1CCC(NC(=O)c2[nH]ncc2NC(=O)c2c(Cl)cccc2Cl)CC1. The summed E-state index contributed by atoms with van der Waals surface area (Å²) in [5.74, 6) is -1.30. The number of benzene rings is 1. The minimum absolute atomic E-state index is 0.0468. The lowest BCUT2D eigenvalue weighted by Crippen LogP contribution is -2.47. The highest BCUT2D eigenvalue weighted by Crippen LogP contribution is 2.26. The molecule has 0 aliphatic carbocycles. The average molecular weight is 499 g/mol. The number of hydrogen-bond donors (Lipinski definition) is 3. The Kier molecular flexibility index (Phi) is 7.73. The fourth-order valence-electron chi connectivity index (χ4n) is 3.29. The molecule has 32 heavy (non-hydrogen) atoms. The summed E-state index contributed by atoms with van der Waals surface area (Å²) in [7, 11) is -3.48. The Balaban J connectivity index is 1.61. The molecule has 13 heteroatoms. The number of rotatable bonds is 7. The van der Waals surface area contributed by atoms with Gasteiger partial charge in [-0.2, -0.15) is 10.4 Å². The lowest BCUT2D eigenvalue weighted by molar-refractivity contribution is 0.0919. The third kappa shape index (κ3) is 5.58. The number of nitrogens with zero attached hydrogens (tertiary/aromatic N) is 3. The number of hydrogen-bond acceptors (Lipinski definition) is 6. The number of piperidine rings is 1. The smallest absolute Gasteiger partial charge is 0.271 e. The summed E-state index contributed by atoms with van der Waals surface area (Å²) in [6.07, 6.45) is 2.07. The van der Waals surface area contributed by atoms with Gasteiger partial charge in [0.05, 0.1) is 45.7 Å².